The predicted octanol–water partition coefficient (Wildman–Crippen LogP) is 5.13. The number of aromatic nitrogens is 2. The molecule has 1 heterocycles. The molecule has 0 aliphatic heterocycles. The van der Waals surface area contributed by atoms with Gasteiger partial charge in [0.15, 0.2) is 0 Å². The summed E-state index contributed by atoms with van der Waals surface area (Å²) >= 11 is 1.14. The lowest BCUT2D eigenvalue weighted by Gasteiger charge is -2.18. The quantitative estimate of drug-likeness (QED) is 0.302. The van der Waals surface area contributed by atoms with Crippen molar-refractivity contribution in [2.45, 2.75) is 38.3 Å². The summed E-state index contributed by atoms with van der Waals surface area (Å²) in [6.45, 7) is 8.99. The fraction of sp³-hybridized carbons (Fsp3) is 0.318. The Hall–Kier alpha value is -2.80. The van der Waals surface area contributed by atoms with Gasteiger partial charge in [0.1, 0.15) is 17.3 Å². The molecule has 6 nitrogen and oxygen atoms in total. The first kappa shape index (κ1) is 20.9. The molecule has 0 atom stereocenters. The van der Waals surface area contributed by atoms with Crippen LogP contribution in [0, 0.1) is 0 Å². The van der Waals surface area contributed by atoms with E-state index in [9.17, 15) is 4.79 Å². The van der Waals surface area contributed by atoms with Crippen molar-refractivity contribution in [2.75, 3.05) is 12.4 Å². The average Bonchev–Trinajstić information content (AvgIpc) is 3.17. The molecule has 0 aliphatic carbocycles. The minimum Gasteiger partial charge on any atom is -0.494 e. The first-order valence-corrected chi connectivity index (χ1v) is 10.3. The van der Waals surface area contributed by atoms with Crippen LogP contribution in [0.5, 0.6) is 11.5 Å². The number of benzene rings is 2. The van der Waals surface area contributed by atoms with Crippen molar-refractivity contribution >= 4 is 17.7 Å². The van der Waals surface area contributed by atoms with Crippen LogP contribution < -0.4 is 9.47 Å². The maximum atomic E-state index is 12.0. The molecule has 0 saturated carbocycles. The number of esters is 1. The molecule has 3 rings (SSSR count). The molecule has 3 aromatic rings. The van der Waals surface area contributed by atoms with Crippen LogP contribution in [0.2, 0.25) is 0 Å². The van der Waals surface area contributed by atoms with E-state index in [1.807, 2.05) is 19.1 Å². The Labute approximate surface area is 174 Å². The van der Waals surface area contributed by atoms with Crippen LogP contribution in [0.3, 0.4) is 0 Å². The van der Waals surface area contributed by atoms with E-state index in [4.69, 9.17) is 13.9 Å². The molecule has 0 N–H and O–H groups in total. The van der Waals surface area contributed by atoms with Gasteiger partial charge in [-0.3, -0.25) is 4.79 Å². The van der Waals surface area contributed by atoms with Crippen LogP contribution in [0.4, 0.5) is 0 Å². The monoisotopic (exact) mass is 412 g/mol. The Morgan fingerprint density at radius 1 is 1.00 bits per heavy atom. The summed E-state index contributed by atoms with van der Waals surface area (Å²) in [5, 5.41) is 8.38. The van der Waals surface area contributed by atoms with E-state index in [1.54, 1.807) is 24.3 Å². The number of thioether (sulfide) groups is 1. The molecule has 0 radical (unpaired) electrons. The van der Waals surface area contributed by atoms with Crippen LogP contribution in [0.25, 0.3) is 11.5 Å². The van der Waals surface area contributed by atoms with Gasteiger partial charge in [0.2, 0.25) is 5.89 Å². The third-order valence-electron chi connectivity index (χ3n) is 4.08. The maximum absolute atomic E-state index is 12.0. The first-order chi connectivity index (χ1) is 13.8. The van der Waals surface area contributed by atoms with Gasteiger partial charge >= 0.3 is 5.97 Å². The highest BCUT2D eigenvalue weighted by Gasteiger charge is 2.15. The second kappa shape index (κ2) is 9.13. The van der Waals surface area contributed by atoms with Crippen LogP contribution in [0.1, 0.15) is 33.3 Å². The molecule has 0 spiro atoms. The lowest BCUT2D eigenvalue weighted by atomic mass is 9.87. The maximum Gasteiger partial charge on any atom is 0.321 e. The molecule has 0 saturated heterocycles. The number of hydrogen-bond donors (Lipinski definition) is 0. The Morgan fingerprint density at radius 3 is 2.28 bits per heavy atom. The SMILES string of the molecule is CCOc1ccc(OC(=O)CSc2nnc(-c3ccc(C(C)(C)C)cc3)o2)cc1. The summed E-state index contributed by atoms with van der Waals surface area (Å²) in [7, 11) is 0. The summed E-state index contributed by atoms with van der Waals surface area (Å²) in [4.78, 5) is 12.0. The Morgan fingerprint density at radius 2 is 1.66 bits per heavy atom. The van der Waals surface area contributed by atoms with Crippen LogP contribution >= 0.6 is 11.8 Å². The Bertz CT molecular complexity index is 944. The number of nitrogens with zero attached hydrogens (tertiary/aromatic N) is 2. The largest absolute Gasteiger partial charge is 0.494 e. The van der Waals surface area contributed by atoms with Gasteiger partial charge in [-0.1, -0.05) is 44.7 Å². The molecule has 2 aromatic carbocycles. The number of carbonyl (C=O) groups excluding carboxylic acids is 1. The van der Waals surface area contributed by atoms with Crippen molar-refractivity contribution in [3.05, 3.63) is 54.1 Å². The molecule has 0 unspecified atom stereocenters. The van der Waals surface area contributed by atoms with E-state index < -0.39 is 5.97 Å². The molecule has 29 heavy (non-hydrogen) atoms. The van der Waals surface area contributed by atoms with Gasteiger partial charge in [-0.05, 0) is 54.3 Å². The molecular formula is C22H24N2O4S. The molecule has 1 aromatic heterocycles. The summed E-state index contributed by atoms with van der Waals surface area (Å²) in [5.74, 6) is 1.29. The third kappa shape index (κ3) is 5.84. The minimum absolute atomic E-state index is 0.0673. The fourth-order valence-electron chi connectivity index (χ4n) is 2.55. The number of hydrogen-bond acceptors (Lipinski definition) is 7. The number of ether oxygens (including phenoxy) is 2. The van der Waals surface area contributed by atoms with Gasteiger partial charge in [0.05, 0.1) is 6.61 Å². The highest BCUT2D eigenvalue weighted by atomic mass is 32.2. The molecule has 0 aliphatic rings. The van der Waals surface area contributed by atoms with Crippen molar-refractivity contribution in [1.29, 1.82) is 0 Å². The Balaban J connectivity index is 1.54. The molecule has 0 bridgehead atoms. The molecule has 152 valence electrons. The second-order valence-electron chi connectivity index (χ2n) is 7.37. The Kier molecular flexibility index (Phi) is 6.59. The van der Waals surface area contributed by atoms with Crippen molar-refractivity contribution in [3.63, 3.8) is 0 Å². The lowest BCUT2D eigenvalue weighted by Crippen LogP contribution is -2.10. The standard InChI is InChI=1S/C22H24N2O4S/c1-5-26-17-10-12-18(13-11-17)27-19(25)14-29-21-24-23-20(28-21)15-6-8-16(9-7-15)22(2,3)4/h6-13H,5,14H2,1-4H3. The third-order valence-corrected chi connectivity index (χ3v) is 4.88. The van der Waals surface area contributed by atoms with E-state index >= 15 is 0 Å². The zero-order valence-corrected chi connectivity index (χ0v) is 17.8. The van der Waals surface area contributed by atoms with Crippen molar-refractivity contribution in [1.82, 2.24) is 10.2 Å². The highest BCUT2D eigenvalue weighted by molar-refractivity contribution is 7.99. The fourth-order valence-corrected chi connectivity index (χ4v) is 3.09. The van der Waals surface area contributed by atoms with Gasteiger partial charge < -0.3 is 13.9 Å². The topological polar surface area (TPSA) is 74.5 Å². The summed E-state index contributed by atoms with van der Waals surface area (Å²) < 4.78 is 16.3. The van der Waals surface area contributed by atoms with Crippen LogP contribution in [-0.4, -0.2) is 28.5 Å². The summed E-state index contributed by atoms with van der Waals surface area (Å²) in [6.07, 6.45) is 0. The van der Waals surface area contributed by atoms with E-state index in [2.05, 4.69) is 43.1 Å². The van der Waals surface area contributed by atoms with Gasteiger partial charge in [-0.25, -0.2) is 0 Å². The van der Waals surface area contributed by atoms with E-state index in [0.717, 1.165) is 23.1 Å². The van der Waals surface area contributed by atoms with Gasteiger partial charge in [-0.2, -0.15) is 0 Å². The van der Waals surface area contributed by atoms with E-state index in [1.165, 1.54) is 5.56 Å². The van der Waals surface area contributed by atoms with Gasteiger partial charge in [0, 0.05) is 5.56 Å². The smallest absolute Gasteiger partial charge is 0.321 e. The van der Waals surface area contributed by atoms with Crippen molar-refractivity contribution in [3.8, 4) is 23.0 Å². The number of rotatable bonds is 7. The molecule has 7 heteroatoms. The summed E-state index contributed by atoms with van der Waals surface area (Å²) in [5.41, 5.74) is 2.15. The van der Waals surface area contributed by atoms with Gasteiger partial charge in [0.25, 0.3) is 5.22 Å². The van der Waals surface area contributed by atoms with E-state index in [-0.39, 0.29) is 11.2 Å². The predicted molar refractivity (Wildman–Crippen MR) is 112 cm³/mol. The van der Waals surface area contributed by atoms with E-state index in [0.29, 0.717) is 23.5 Å². The lowest BCUT2D eigenvalue weighted by molar-refractivity contribution is -0.131. The summed E-state index contributed by atoms with van der Waals surface area (Å²) in [6, 6.07) is 14.9. The zero-order valence-electron chi connectivity index (χ0n) is 17.0. The normalized spacial score (nSPS) is 11.3. The van der Waals surface area contributed by atoms with Crippen molar-refractivity contribution < 1.29 is 18.7 Å². The first-order valence-electron chi connectivity index (χ1n) is 9.36. The molecule has 0 fully saturated rings. The molecule has 0 amide bonds. The minimum atomic E-state index is -0.395. The highest BCUT2D eigenvalue weighted by Crippen LogP contribution is 2.27. The number of carbonyl (C=O) groups is 1. The van der Waals surface area contributed by atoms with Crippen LogP contribution in [-0.2, 0) is 10.2 Å². The van der Waals surface area contributed by atoms with Crippen molar-refractivity contribution in [2.24, 2.45) is 0 Å². The zero-order chi connectivity index (χ0) is 20.9. The van der Waals surface area contributed by atoms with Gasteiger partial charge in [-0.15, -0.1) is 10.2 Å². The molecular weight excluding hydrogens is 388 g/mol. The second-order valence-corrected chi connectivity index (χ2v) is 8.29. The van der Waals surface area contributed by atoms with Crippen LogP contribution in [0.15, 0.2) is 58.2 Å². The average molecular weight is 413 g/mol.